The molecule has 154 valence electrons. The van der Waals surface area contributed by atoms with Crippen molar-refractivity contribution in [3.05, 3.63) is 47.4 Å². The summed E-state index contributed by atoms with van der Waals surface area (Å²) in [7, 11) is 0. The second-order valence-corrected chi connectivity index (χ2v) is 8.26. The van der Waals surface area contributed by atoms with Gasteiger partial charge < -0.3 is 15.2 Å². The molecule has 5 rings (SSSR count). The third-order valence-corrected chi connectivity index (χ3v) is 6.42. The Morgan fingerprint density at radius 3 is 2.73 bits per heavy atom. The van der Waals surface area contributed by atoms with Crippen molar-refractivity contribution in [3.8, 4) is 6.07 Å². The normalized spacial score (nSPS) is 17.1. The van der Waals surface area contributed by atoms with E-state index in [1.165, 1.54) is 5.56 Å². The van der Waals surface area contributed by atoms with Crippen LogP contribution in [0.1, 0.15) is 29.7 Å². The van der Waals surface area contributed by atoms with Crippen LogP contribution in [0.25, 0.3) is 11.0 Å². The van der Waals surface area contributed by atoms with Gasteiger partial charge >= 0.3 is 0 Å². The number of hydrogen-bond donors (Lipinski definition) is 1. The molecule has 0 unspecified atom stereocenters. The van der Waals surface area contributed by atoms with Crippen molar-refractivity contribution in [2.45, 2.75) is 32.2 Å². The fourth-order valence-electron chi connectivity index (χ4n) is 4.84. The van der Waals surface area contributed by atoms with E-state index in [1.807, 2.05) is 12.1 Å². The molecule has 0 amide bonds. The van der Waals surface area contributed by atoms with Crippen LogP contribution in [-0.2, 0) is 19.4 Å². The molecule has 2 aliphatic heterocycles. The third kappa shape index (κ3) is 3.37. The number of anilines is 2. The van der Waals surface area contributed by atoms with Gasteiger partial charge in [-0.3, -0.25) is 4.90 Å². The number of aromatic nitrogens is 3. The fourth-order valence-corrected chi connectivity index (χ4v) is 4.84. The van der Waals surface area contributed by atoms with Gasteiger partial charge in [-0.15, -0.1) is 0 Å². The van der Waals surface area contributed by atoms with Crippen LogP contribution in [0.5, 0.6) is 0 Å². The van der Waals surface area contributed by atoms with Crippen molar-refractivity contribution in [2.75, 3.05) is 43.4 Å². The van der Waals surface area contributed by atoms with Crippen LogP contribution in [0.2, 0.25) is 0 Å². The van der Waals surface area contributed by atoms with Crippen LogP contribution in [0.4, 0.5) is 11.5 Å². The number of rotatable bonds is 4. The molecule has 3 aromatic rings. The first kappa shape index (κ1) is 18.9. The van der Waals surface area contributed by atoms with Gasteiger partial charge in [0, 0.05) is 50.6 Å². The van der Waals surface area contributed by atoms with Gasteiger partial charge in [-0.25, -0.2) is 9.97 Å². The van der Waals surface area contributed by atoms with Crippen LogP contribution >= 0.6 is 0 Å². The molecule has 2 N–H and O–H groups in total. The number of fused-ring (bicyclic) bond motifs is 3. The molecule has 0 saturated carbocycles. The minimum absolute atomic E-state index is 0.745. The third-order valence-electron chi connectivity index (χ3n) is 6.42. The van der Waals surface area contributed by atoms with Gasteiger partial charge in [0.1, 0.15) is 23.4 Å². The molecule has 0 bridgehead atoms. The predicted octanol–water partition coefficient (Wildman–Crippen LogP) is 2.59. The van der Waals surface area contributed by atoms with Crippen molar-refractivity contribution in [1.82, 2.24) is 19.4 Å². The zero-order chi connectivity index (χ0) is 20.5. The SMILES string of the molecule is N#Cc1c2n(c3c(N4CCN(CCc5cccc(N)c5)CC4)ncnc13)CCCC2. The summed E-state index contributed by atoms with van der Waals surface area (Å²) in [5, 5.41) is 9.73. The maximum atomic E-state index is 9.73. The minimum Gasteiger partial charge on any atom is -0.399 e. The molecule has 1 saturated heterocycles. The van der Waals surface area contributed by atoms with Crippen LogP contribution in [-0.4, -0.2) is 52.2 Å². The van der Waals surface area contributed by atoms with Gasteiger partial charge in [-0.05, 0) is 43.4 Å². The molecule has 2 aromatic heterocycles. The quantitative estimate of drug-likeness (QED) is 0.676. The molecule has 30 heavy (non-hydrogen) atoms. The average molecular weight is 402 g/mol. The van der Waals surface area contributed by atoms with Gasteiger partial charge in [0.15, 0.2) is 5.82 Å². The molecule has 0 spiro atoms. The topological polar surface area (TPSA) is 87.0 Å². The zero-order valence-corrected chi connectivity index (χ0v) is 17.2. The lowest BCUT2D eigenvalue weighted by Crippen LogP contribution is -2.47. The highest BCUT2D eigenvalue weighted by Gasteiger charge is 2.27. The predicted molar refractivity (Wildman–Crippen MR) is 118 cm³/mol. The maximum Gasteiger partial charge on any atom is 0.156 e. The van der Waals surface area contributed by atoms with Crippen molar-refractivity contribution in [2.24, 2.45) is 0 Å². The lowest BCUT2D eigenvalue weighted by Gasteiger charge is -2.35. The highest BCUT2D eigenvalue weighted by molar-refractivity contribution is 5.92. The van der Waals surface area contributed by atoms with E-state index in [2.05, 4.69) is 42.5 Å². The molecule has 7 nitrogen and oxygen atoms in total. The number of aryl methyl sites for hydroxylation is 1. The summed E-state index contributed by atoms with van der Waals surface area (Å²) >= 11 is 0. The van der Waals surface area contributed by atoms with Gasteiger partial charge in [-0.2, -0.15) is 5.26 Å². The number of nitrogen functional groups attached to an aromatic ring is 1. The summed E-state index contributed by atoms with van der Waals surface area (Å²) < 4.78 is 2.30. The second-order valence-electron chi connectivity index (χ2n) is 8.26. The van der Waals surface area contributed by atoms with Crippen molar-refractivity contribution in [3.63, 3.8) is 0 Å². The number of benzene rings is 1. The van der Waals surface area contributed by atoms with E-state index in [0.29, 0.717) is 0 Å². The number of nitrogens with two attached hydrogens (primary N) is 1. The standard InChI is InChI=1S/C23H27N7/c24-15-19-20-6-1-2-8-30(20)22-21(19)26-16-27-23(22)29-12-10-28(11-13-29)9-7-17-4-3-5-18(25)14-17/h3-5,14,16H,1-2,6-13,25H2. The Morgan fingerprint density at radius 1 is 1.07 bits per heavy atom. The first-order valence-corrected chi connectivity index (χ1v) is 10.8. The lowest BCUT2D eigenvalue weighted by atomic mass is 10.1. The molecular weight excluding hydrogens is 374 g/mol. The lowest BCUT2D eigenvalue weighted by molar-refractivity contribution is 0.260. The van der Waals surface area contributed by atoms with E-state index in [-0.39, 0.29) is 0 Å². The van der Waals surface area contributed by atoms with Crippen LogP contribution in [0.15, 0.2) is 30.6 Å². The Balaban J connectivity index is 1.33. The Labute approximate surface area is 176 Å². The fraction of sp³-hybridized carbons (Fsp3) is 0.435. The van der Waals surface area contributed by atoms with Gasteiger partial charge in [-0.1, -0.05) is 12.1 Å². The van der Waals surface area contributed by atoms with Crippen molar-refractivity contribution < 1.29 is 0 Å². The smallest absolute Gasteiger partial charge is 0.156 e. The highest BCUT2D eigenvalue weighted by Crippen LogP contribution is 2.34. The summed E-state index contributed by atoms with van der Waals surface area (Å²) in [5.41, 5.74) is 11.8. The first-order valence-electron chi connectivity index (χ1n) is 10.8. The molecule has 0 aliphatic carbocycles. The van der Waals surface area contributed by atoms with Crippen LogP contribution in [0, 0.1) is 11.3 Å². The van der Waals surface area contributed by atoms with E-state index in [9.17, 15) is 5.26 Å². The summed E-state index contributed by atoms with van der Waals surface area (Å²) in [5.74, 6) is 0.986. The summed E-state index contributed by atoms with van der Waals surface area (Å²) in [6.45, 7) is 5.87. The first-order chi connectivity index (χ1) is 14.7. The van der Waals surface area contributed by atoms with E-state index in [4.69, 9.17) is 5.73 Å². The Bertz CT molecular complexity index is 1100. The average Bonchev–Trinajstić information content (AvgIpc) is 3.12. The van der Waals surface area contributed by atoms with Gasteiger partial charge in [0.05, 0.1) is 5.56 Å². The second kappa shape index (κ2) is 7.96. The van der Waals surface area contributed by atoms with E-state index >= 15 is 0 Å². The number of piperazine rings is 1. The Hall–Kier alpha value is -3.11. The number of nitriles is 1. The van der Waals surface area contributed by atoms with Crippen LogP contribution < -0.4 is 10.6 Å². The molecule has 0 atom stereocenters. The molecular formula is C23H27N7. The van der Waals surface area contributed by atoms with Gasteiger partial charge in [0.25, 0.3) is 0 Å². The molecule has 1 fully saturated rings. The monoisotopic (exact) mass is 401 g/mol. The largest absolute Gasteiger partial charge is 0.399 e. The molecule has 2 aliphatic rings. The summed E-state index contributed by atoms with van der Waals surface area (Å²) in [6, 6.07) is 10.6. The minimum atomic E-state index is 0.745. The van der Waals surface area contributed by atoms with E-state index < -0.39 is 0 Å². The highest BCUT2D eigenvalue weighted by atomic mass is 15.3. The van der Waals surface area contributed by atoms with Gasteiger partial charge in [0.2, 0.25) is 0 Å². The summed E-state index contributed by atoms with van der Waals surface area (Å²) in [6.07, 6.45) is 5.88. The molecule has 0 radical (unpaired) electrons. The molecule has 1 aromatic carbocycles. The zero-order valence-electron chi connectivity index (χ0n) is 17.2. The molecule has 7 heteroatoms. The summed E-state index contributed by atoms with van der Waals surface area (Å²) in [4.78, 5) is 14.0. The van der Waals surface area contributed by atoms with Crippen molar-refractivity contribution >= 4 is 22.5 Å². The van der Waals surface area contributed by atoms with Crippen LogP contribution in [0.3, 0.4) is 0 Å². The number of nitrogens with zero attached hydrogens (tertiary/aromatic N) is 6. The number of hydrogen-bond acceptors (Lipinski definition) is 6. The Morgan fingerprint density at radius 2 is 1.93 bits per heavy atom. The Kier molecular flexibility index (Phi) is 5.01. The van der Waals surface area contributed by atoms with E-state index in [1.54, 1.807) is 6.33 Å². The van der Waals surface area contributed by atoms with E-state index in [0.717, 1.165) is 98.7 Å². The molecule has 4 heterocycles. The van der Waals surface area contributed by atoms with Crippen molar-refractivity contribution in [1.29, 1.82) is 5.26 Å². The maximum absolute atomic E-state index is 9.73.